The van der Waals surface area contributed by atoms with Crippen LogP contribution in [0.3, 0.4) is 0 Å². The highest BCUT2D eigenvalue weighted by molar-refractivity contribution is 6.31. The van der Waals surface area contributed by atoms with Crippen molar-refractivity contribution < 1.29 is 4.79 Å². The Balaban J connectivity index is 2.30. The third kappa shape index (κ3) is 3.05. The first kappa shape index (κ1) is 13.9. The molecule has 0 unspecified atom stereocenters. The number of nitrogens with one attached hydrogen (secondary N) is 1. The van der Waals surface area contributed by atoms with Gasteiger partial charge in [-0.3, -0.25) is 4.79 Å². The van der Waals surface area contributed by atoms with E-state index in [1.165, 1.54) is 0 Å². The number of hydrogen-bond acceptors (Lipinski definition) is 3. The molecule has 4 heteroatoms. The summed E-state index contributed by atoms with van der Waals surface area (Å²) < 4.78 is 0. The number of anilines is 1. The summed E-state index contributed by atoms with van der Waals surface area (Å²) in [5.41, 5.74) is 2.93. The van der Waals surface area contributed by atoms with Gasteiger partial charge in [-0.1, -0.05) is 42.4 Å². The lowest BCUT2D eigenvalue weighted by atomic mass is 10.1. The summed E-state index contributed by atoms with van der Waals surface area (Å²) in [4.78, 5) is 11.0. The molecular weight excluding hydrogens is 272 g/mol. The monoisotopic (exact) mass is 282 g/mol. The van der Waals surface area contributed by atoms with Gasteiger partial charge in [-0.15, -0.1) is 0 Å². The van der Waals surface area contributed by atoms with Gasteiger partial charge in [-0.05, 0) is 18.2 Å². The van der Waals surface area contributed by atoms with Crippen LogP contribution in [0.25, 0.3) is 5.70 Å². The number of nitrogens with zero attached hydrogens (tertiary/aromatic N) is 1. The molecule has 3 nitrogen and oxygen atoms in total. The first-order chi connectivity index (χ1) is 9.63. The molecule has 0 radical (unpaired) electrons. The van der Waals surface area contributed by atoms with Crippen molar-refractivity contribution in [3.05, 3.63) is 70.8 Å². The number of halogens is 1. The number of benzene rings is 2. The van der Waals surface area contributed by atoms with Crippen LogP contribution in [0.5, 0.6) is 0 Å². The number of carbonyl (C=O) groups excluding carboxylic acids is 1. The molecule has 0 aromatic heterocycles. The van der Waals surface area contributed by atoms with Crippen LogP contribution in [-0.4, -0.2) is 6.29 Å². The average Bonchev–Trinajstić information content (AvgIpc) is 2.46. The van der Waals surface area contributed by atoms with E-state index >= 15 is 0 Å². The van der Waals surface area contributed by atoms with Crippen LogP contribution in [-0.2, 0) is 0 Å². The molecule has 1 N–H and O–H groups in total. The quantitative estimate of drug-likeness (QED) is 0.859. The van der Waals surface area contributed by atoms with Crippen LogP contribution in [0, 0.1) is 11.3 Å². The number of nitriles is 1. The SMILES string of the molecule is C=C(Nc1cc(Cl)cc(C#N)c1)c1ccccc1C=O. The van der Waals surface area contributed by atoms with Gasteiger partial charge in [0.25, 0.3) is 0 Å². The van der Waals surface area contributed by atoms with Crippen molar-refractivity contribution in [1.29, 1.82) is 5.26 Å². The molecule has 0 aliphatic rings. The first-order valence-electron chi connectivity index (χ1n) is 5.85. The van der Waals surface area contributed by atoms with Gasteiger partial charge in [-0.25, -0.2) is 0 Å². The lowest BCUT2D eigenvalue weighted by Gasteiger charge is -2.12. The third-order valence-corrected chi connectivity index (χ3v) is 2.95. The van der Waals surface area contributed by atoms with Gasteiger partial charge >= 0.3 is 0 Å². The molecule has 0 spiro atoms. The molecule has 0 atom stereocenters. The van der Waals surface area contributed by atoms with Gasteiger partial charge in [0.15, 0.2) is 6.29 Å². The van der Waals surface area contributed by atoms with Crippen molar-refractivity contribution >= 4 is 29.3 Å². The largest absolute Gasteiger partial charge is 0.355 e. The van der Waals surface area contributed by atoms with E-state index in [4.69, 9.17) is 16.9 Å². The van der Waals surface area contributed by atoms with Gasteiger partial charge in [0.05, 0.1) is 11.6 Å². The molecule has 0 saturated heterocycles. The molecule has 98 valence electrons. The van der Waals surface area contributed by atoms with E-state index in [2.05, 4.69) is 11.9 Å². The summed E-state index contributed by atoms with van der Waals surface area (Å²) in [6.45, 7) is 3.92. The Labute approximate surface area is 122 Å². The summed E-state index contributed by atoms with van der Waals surface area (Å²) in [7, 11) is 0. The Morgan fingerprint density at radius 2 is 2.05 bits per heavy atom. The van der Waals surface area contributed by atoms with Crippen molar-refractivity contribution in [2.45, 2.75) is 0 Å². The second-order valence-electron chi connectivity index (χ2n) is 4.15. The maximum atomic E-state index is 11.0. The molecule has 2 aromatic carbocycles. The molecule has 0 saturated carbocycles. The number of hydrogen-bond donors (Lipinski definition) is 1. The molecule has 0 aliphatic carbocycles. The molecular formula is C16H11ClN2O. The molecule has 20 heavy (non-hydrogen) atoms. The van der Waals surface area contributed by atoms with Crippen LogP contribution >= 0.6 is 11.6 Å². The molecule has 0 aliphatic heterocycles. The van der Waals surface area contributed by atoms with Gasteiger partial charge in [-0.2, -0.15) is 5.26 Å². The molecule has 2 rings (SSSR count). The van der Waals surface area contributed by atoms with E-state index in [-0.39, 0.29) is 0 Å². The maximum Gasteiger partial charge on any atom is 0.150 e. The Morgan fingerprint density at radius 3 is 2.75 bits per heavy atom. The van der Waals surface area contributed by atoms with Crippen LogP contribution < -0.4 is 5.32 Å². The third-order valence-electron chi connectivity index (χ3n) is 2.73. The van der Waals surface area contributed by atoms with E-state index in [1.807, 2.05) is 12.1 Å². The number of carbonyl (C=O) groups is 1. The zero-order valence-corrected chi connectivity index (χ0v) is 11.3. The molecule has 0 fully saturated rings. The van der Waals surface area contributed by atoms with Gasteiger partial charge in [0.2, 0.25) is 0 Å². The normalized spacial score (nSPS) is 9.60. The van der Waals surface area contributed by atoms with Crippen molar-refractivity contribution in [2.24, 2.45) is 0 Å². The fourth-order valence-electron chi connectivity index (χ4n) is 1.84. The average molecular weight is 283 g/mol. The highest BCUT2D eigenvalue weighted by Crippen LogP contribution is 2.23. The summed E-state index contributed by atoms with van der Waals surface area (Å²) in [5, 5.41) is 12.4. The van der Waals surface area contributed by atoms with E-state index in [0.29, 0.717) is 33.1 Å². The van der Waals surface area contributed by atoms with Gasteiger partial charge < -0.3 is 5.32 Å². The van der Waals surface area contributed by atoms with Crippen LogP contribution in [0.4, 0.5) is 5.69 Å². The second kappa shape index (κ2) is 6.05. The van der Waals surface area contributed by atoms with Crippen LogP contribution in [0.15, 0.2) is 49.0 Å². The fourth-order valence-corrected chi connectivity index (χ4v) is 2.08. The van der Waals surface area contributed by atoms with Crippen molar-refractivity contribution in [3.63, 3.8) is 0 Å². The van der Waals surface area contributed by atoms with E-state index < -0.39 is 0 Å². The standard InChI is InChI=1S/C16H11ClN2O/c1-11(16-5-3-2-4-13(16)10-20)19-15-7-12(9-18)6-14(17)8-15/h2-8,10,19H,1H2. The van der Waals surface area contributed by atoms with Crippen molar-refractivity contribution in [2.75, 3.05) is 5.32 Å². The Kier molecular flexibility index (Phi) is 4.19. The van der Waals surface area contributed by atoms with E-state index in [1.54, 1.807) is 36.4 Å². The molecule has 0 amide bonds. The van der Waals surface area contributed by atoms with Crippen LogP contribution in [0.1, 0.15) is 21.5 Å². The topological polar surface area (TPSA) is 52.9 Å². The Bertz CT molecular complexity index is 717. The second-order valence-corrected chi connectivity index (χ2v) is 4.59. The smallest absolute Gasteiger partial charge is 0.150 e. The lowest BCUT2D eigenvalue weighted by Crippen LogP contribution is -2.01. The lowest BCUT2D eigenvalue weighted by molar-refractivity contribution is 0.112. The highest BCUT2D eigenvalue weighted by atomic mass is 35.5. The first-order valence-corrected chi connectivity index (χ1v) is 6.23. The van der Waals surface area contributed by atoms with E-state index in [9.17, 15) is 4.79 Å². The Morgan fingerprint density at radius 1 is 1.30 bits per heavy atom. The van der Waals surface area contributed by atoms with Crippen molar-refractivity contribution in [3.8, 4) is 6.07 Å². The van der Waals surface area contributed by atoms with Gasteiger partial charge in [0.1, 0.15) is 0 Å². The zero-order chi connectivity index (χ0) is 14.5. The zero-order valence-electron chi connectivity index (χ0n) is 10.6. The fraction of sp³-hybridized carbons (Fsp3) is 0. The molecule has 0 heterocycles. The number of rotatable bonds is 4. The van der Waals surface area contributed by atoms with Crippen molar-refractivity contribution in [1.82, 2.24) is 0 Å². The predicted molar refractivity (Wildman–Crippen MR) is 80.7 cm³/mol. The summed E-state index contributed by atoms with van der Waals surface area (Å²) in [6.07, 6.45) is 0.779. The summed E-state index contributed by atoms with van der Waals surface area (Å²) >= 11 is 5.94. The minimum absolute atomic E-state index is 0.455. The minimum Gasteiger partial charge on any atom is -0.355 e. The minimum atomic E-state index is 0.455. The molecule has 2 aromatic rings. The molecule has 0 bridgehead atoms. The number of aldehydes is 1. The predicted octanol–water partition coefficient (Wildman–Crippen LogP) is 4.11. The van der Waals surface area contributed by atoms with Crippen LogP contribution in [0.2, 0.25) is 5.02 Å². The highest BCUT2D eigenvalue weighted by Gasteiger charge is 2.06. The van der Waals surface area contributed by atoms with E-state index in [0.717, 1.165) is 6.29 Å². The maximum absolute atomic E-state index is 11.0. The van der Waals surface area contributed by atoms with Gasteiger partial charge in [0, 0.05) is 27.5 Å². The summed E-state index contributed by atoms with van der Waals surface area (Å²) in [6, 6.07) is 14.1. The summed E-state index contributed by atoms with van der Waals surface area (Å²) in [5.74, 6) is 0. The Hall–Kier alpha value is -2.57.